The lowest BCUT2D eigenvalue weighted by molar-refractivity contribution is 0.107. The molecule has 0 saturated carbocycles. The highest BCUT2D eigenvalue weighted by atomic mass is 32.2. The van der Waals surface area contributed by atoms with E-state index in [4.69, 9.17) is 0 Å². The summed E-state index contributed by atoms with van der Waals surface area (Å²) in [5.74, 6) is 0.542. The number of benzene rings is 1. The fourth-order valence-corrected chi connectivity index (χ4v) is 2.08. The van der Waals surface area contributed by atoms with E-state index < -0.39 is 5.60 Å². The van der Waals surface area contributed by atoms with Gasteiger partial charge in [-0.15, -0.1) is 5.10 Å². The summed E-state index contributed by atoms with van der Waals surface area (Å²) in [4.78, 5) is 0. The highest BCUT2D eigenvalue weighted by Gasteiger charge is 2.16. The number of thioether (sulfide) groups is 1. The summed E-state index contributed by atoms with van der Waals surface area (Å²) < 4.78 is 1.66. The van der Waals surface area contributed by atoms with Crippen molar-refractivity contribution in [1.29, 1.82) is 0 Å². The number of para-hydroxylation sites is 1. The van der Waals surface area contributed by atoms with Gasteiger partial charge in [-0.25, -0.2) is 0 Å². The standard InChI is InChI=1S/C11H14N4OS/c1-11(2,16)8-17-10-12-13-14-15(10)9-6-4-3-5-7-9/h3-7,16H,8H2,1-2H3. The van der Waals surface area contributed by atoms with E-state index in [0.29, 0.717) is 10.9 Å². The molecule has 0 bridgehead atoms. The smallest absolute Gasteiger partial charge is 0.214 e. The van der Waals surface area contributed by atoms with Crippen LogP contribution >= 0.6 is 11.8 Å². The van der Waals surface area contributed by atoms with Crippen molar-refractivity contribution >= 4 is 11.8 Å². The van der Waals surface area contributed by atoms with Crippen LogP contribution in [0.3, 0.4) is 0 Å². The molecule has 1 aromatic heterocycles. The molecule has 6 heteroatoms. The summed E-state index contributed by atoms with van der Waals surface area (Å²) in [6.07, 6.45) is 0. The van der Waals surface area contributed by atoms with Crippen molar-refractivity contribution in [2.45, 2.75) is 24.6 Å². The second kappa shape index (κ2) is 4.85. The molecule has 0 atom stereocenters. The van der Waals surface area contributed by atoms with Gasteiger partial charge in [-0.2, -0.15) is 4.68 Å². The zero-order valence-electron chi connectivity index (χ0n) is 9.74. The molecule has 0 saturated heterocycles. The molecule has 0 spiro atoms. The van der Waals surface area contributed by atoms with Crippen molar-refractivity contribution in [3.05, 3.63) is 30.3 Å². The Balaban J connectivity index is 2.18. The van der Waals surface area contributed by atoms with Crippen LogP contribution in [0, 0.1) is 0 Å². The predicted molar refractivity (Wildman–Crippen MR) is 66.2 cm³/mol. The summed E-state index contributed by atoms with van der Waals surface area (Å²) >= 11 is 1.43. The van der Waals surface area contributed by atoms with E-state index in [0.717, 1.165) is 5.69 Å². The number of tetrazole rings is 1. The van der Waals surface area contributed by atoms with Crippen LogP contribution in [0.5, 0.6) is 0 Å². The third-order valence-corrected chi connectivity index (χ3v) is 3.36. The van der Waals surface area contributed by atoms with Crippen LogP contribution in [0.1, 0.15) is 13.8 Å². The zero-order chi connectivity index (χ0) is 12.3. The van der Waals surface area contributed by atoms with Crippen molar-refractivity contribution < 1.29 is 5.11 Å². The maximum Gasteiger partial charge on any atom is 0.214 e. The molecule has 5 nitrogen and oxygen atoms in total. The average Bonchev–Trinajstić information content (AvgIpc) is 2.75. The molecule has 0 unspecified atom stereocenters. The minimum Gasteiger partial charge on any atom is -0.390 e. The fourth-order valence-electron chi connectivity index (χ4n) is 1.24. The lowest BCUT2D eigenvalue weighted by Crippen LogP contribution is -2.22. The Labute approximate surface area is 104 Å². The summed E-state index contributed by atoms with van der Waals surface area (Å²) in [5, 5.41) is 21.9. The Morgan fingerprint density at radius 2 is 2.00 bits per heavy atom. The molecule has 0 aliphatic heterocycles. The summed E-state index contributed by atoms with van der Waals surface area (Å²) in [5.41, 5.74) is 0.175. The van der Waals surface area contributed by atoms with Gasteiger partial charge >= 0.3 is 0 Å². The highest BCUT2D eigenvalue weighted by Crippen LogP contribution is 2.21. The molecule has 0 aliphatic carbocycles. The Bertz CT molecular complexity index is 478. The first-order valence-electron chi connectivity index (χ1n) is 5.25. The second-order valence-corrected chi connectivity index (χ2v) is 5.25. The molecule has 0 radical (unpaired) electrons. The SMILES string of the molecule is CC(C)(O)CSc1nnnn1-c1ccccc1. The van der Waals surface area contributed by atoms with Crippen molar-refractivity contribution in [3.8, 4) is 5.69 Å². The lowest BCUT2D eigenvalue weighted by atomic mass is 10.2. The van der Waals surface area contributed by atoms with Crippen LogP contribution in [0.4, 0.5) is 0 Å². The van der Waals surface area contributed by atoms with Crippen LogP contribution < -0.4 is 0 Å². The number of aliphatic hydroxyl groups is 1. The quantitative estimate of drug-likeness (QED) is 0.834. The summed E-state index contributed by atoms with van der Waals surface area (Å²) in [6, 6.07) is 9.68. The zero-order valence-corrected chi connectivity index (χ0v) is 10.6. The largest absolute Gasteiger partial charge is 0.390 e. The monoisotopic (exact) mass is 250 g/mol. The normalized spacial score (nSPS) is 11.7. The van der Waals surface area contributed by atoms with Crippen molar-refractivity contribution in [3.63, 3.8) is 0 Å². The Hall–Kier alpha value is -1.40. The van der Waals surface area contributed by atoms with Gasteiger partial charge in [0, 0.05) is 5.75 Å². The van der Waals surface area contributed by atoms with Gasteiger partial charge < -0.3 is 5.11 Å². The van der Waals surface area contributed by atoms with Gasteiger partial charge in [-0.05, 0) is 36.4 Å². The first-order valence-corrected chi connectivity index (χ1v) is 6.24. The van der Waals surface area contributed by atoms with E-state index in [-0.39, 0.29) is 0 Å². The Morgan fingerprint density at radius 1 is 1.29 bits per heavy atom. The van der Waals surface area contributed by atoms with Gasteiger partial charge in [-0.1, -0.05) is 30.0 Å². The van der Waals surface area contributed by atoms with Gasteiger partial charge in [0.05, 0.1) is 11.3 Å². The van der Waals surface area contributed by atoms with E-state index >= 15 is 0 Å². The van der Waals surface area contributed by atoms with E-state index in [1.807, 2.05) is 30.3 Å². The van der Waals surface area contributed by atoms with Crippen LogP contribution in [0.2, 0.25) is 0 Å². The van der Waals surface area contributed by atoms with Crippen LogP contribution in [-0.2, 0) is 0 Å². The highest BCUT2D eigenvalue weighted by molar-refractivity contribution is 7.99. The van der Waals surface area contributed by atoms with Crippen LogP contribution in [-0.4, -0.2) is 36.7 Å². The first-order chi connectivity index (χ1) is 8.06. The van der Waals surface area contributed by atoms with Gasteiger partial charge in [-0.3, -0.25) is 0 Å². The summed E-state index contributed by atoms with van der Waals surface area (Å²) in [7, 11) is 0. The minimum absolute atomic E-state index is 0.542. The molecule has 0 fully saturated rings. The molecule has 2 aromatic rings. The molecular formula is C11H14N4OS. The van der Waals surface area contributed by atoms with E-state index in [9.17, 15) is 5.11 Å². The molecule has 0 amide bonds. The average molecular weight is 250 g/mol. The molecular weight excluding hydrogens is 236 g/mol. The Morgan fingerprint density at radius 3 is 2.65 bits per heavy atom. The van der Waals surface area contributed by atoms with E-state index in [1.54, 1.807) is 18.5 Å². The summed E-state index contributed by atoms with van der Waals surface area (Å²) in [6.45, 7) is 3.52. The van der Waals surface area contributed by atoms with Crippen molar-refractivity contribution in [2.24, 2.45) is 0 Å². The topological polar surface area (TPSA) is 63.8 Å². The number of aromatic nitrogens is 4. The number of hydrogen-bond donors (Lipinski definition) is 1. The van der Waals surface area contributed by atoms with Gasteiger partial charge in [0.2, 0.25) is 5.16 Å². The molecule has 1 N–H and O–H groups in total. The van der Waals surface area contributed by atoms with Crippen molar-refractivity contribution in [1.82, 2.24) is 20.2 Å². The molecule has 0 aliphatic rings. The third-order valence-electron chi connectivity index (χ3n) is 2.00. The first kappa shape index (κ1) is 12.1. The number of rotatable bonds is 4. The lowest BCUT2D eigenvalue weighted by Gasteiger charge is -2.15. The number of hydrogen-bond acceptors (Lipinski definition) is 5. The molecule has 1 heterocycles. The van der Waals surface area contributed by atoms with Crippen LogP contribution in [0.25, 0.3) is 5.69 Å². The molecule has 17 heavy (non-hydrogen) atoms. The maximum atomic E-state index is 9.68. The molecule has 90 valence electrons. The maximum absolute atomic E-state index is 9.68. The van der Waals surface area contributed by atoms with Gasteiger partial charge in [0.1, 0.15) is 0 Å². The molecule has 2 rings (SSSR count). The third kappa shape index (κ3) is 3.28. The fraction of sp³-hybridized carbons (Fsp3) is 0.364. The number of nitrogens with zero attached hydrogens (tertiary/aromatic N) is 4. The van der Waals surface area contributed by atoms with Crippen molar-refractivity contribution in [2.75, 3.05) is 5.75 Å². The van der Waals surface area contributed by atoms with E-state index in [1.165, 1.54) is 11.8 Å². The molecule has 1 aromatic carbocycles. The minimum atomic E-state index is -0.738. The van der Waals surface area contributed by atoms with Gasteiger partial charge in [0.25, 0.3) is 0 Å². The Kier molecular flexibility index (Phi) is 3.44. The van der Waals surface area contributed by atoms with E-state index in [2.05, 4.69) is 15.5 Å². The second-order valence-electron chi connectivity index (χ2n) is 4.31. The van der Waals surface area contributed by atoms with Crippen LogP contribution in [0.15, 0.2) is 35.5 Å². The van der Waals surface area contributed by atoms with Gasteiger partial charge in [0.15, 0.2) is 0 Å². The predicted octanol–water partition coefficient (Wildman–Crippen LogP) is 1.53.